The van der Waals surface area contributed by atoms with Gasteiger partial charge in [-0.2, -0.15) is 0 Å². The molecule has 0 radical (unpaired) electrons. The van der Waals surface area contributed by atoms with Crippen molar-refractivity contribution in [3.63, 3.8) is 0 Å². The summed E-state index contributed by atoms with van der Waals surface area (Å²) in [5.41, 5.74) is 0. The zero-order valence-corrected chi connectivity index (χ0v) is 13.5. The summed E-state index contributed by atoms with van der Waals surface area (Å²) < 4.78 is 27.9. The Hall–Kier alpha value is -1.51. The molecule has 0 aromatic carbocycles. The average molecular weight is 326 g/mol. The highest BCUT2D eigenvalue weighted by molar-refractivity contribution is 7.89. The number of nitrogens with zero attached hydrogens (tertiary/aromatic N) is 2. The molecule has 0 fully saturated rings. The predicted octanol–water partition coefficient (Wildman–Crippen LogP) is 2.40. The zero-order valence-electron chi connectivity index (χ0n) is 11.9. The van der Waals surface area contributed by atoms with E-state index in [1.165, 1.54) is 11.3 Å². The molecule has 2 aromatic rings. The van der Waals surface area contributed by atoms with Crippen molar-refractivity contribution in [2.24, 2.45) is 0 Å². The Bertz CT molecular complexity index is 671. The number of hydrogen-bond acceptors (Lipinski definition) is 6. The third kappa shape index (κ3) is 3.78. The largest absolute Gasteiger partial charge is 0.369 e. The van der Waals surface area contributed by atoms with Gasteiger partial charge in [-0.05, 0) is 25.5 Å². The van der Waals surface area contributed by atoms with Crippen LogP contribution in [0.2, 0.25) is 0 Å². The first-order valence-corrected chi connectivity index (χ1v) is 9.05. The maximum Gasteiger partial charge on any atom is 0.244 e. The summed E-state index contributed by atoms with van der Waals surface area (Å²) in [4.78, 5) is 8.43. The summed E-state index contributed by atoms with van der Waals surface area (Å²) in [5.74, 6) is 0.362. The summed E-state index contributed by atoms with van der Waals surface area (Å²) in [6, 6.07) is 2.83. The maximum absolute atomic E-state index is 12.6. The van der Waals surface area contributed by atoms with Gasteiger partial charge in [-0.3, -0.25) is 0 Å². The smallest absolute Gasteiger partial charge is 0.244 e. The molecule has 0 aliphatic heterocycles. The van der Waals surface area contributed by atoms with Crippen LogP contribution in [0.4, 0.5) is 5.82 Å². The van der Waals surface area contributed by atoms with Crippen molar-refractivity contribution in [2.45, 2.75) is 31.2 Å². The molecule has 0 amide bonds. The number of pyridine rings is 1. The number of aromatic nitrogens is 2. The summed E-state index contributed by atoms with van der Waals surface area (Å²) in [5, 5.41) is 5.56. The summed E-state index contributed by atoms with van der Waals surface area (Å²) in [6.07, 6.45) is 3.86. The van der Waals surface area contributed by atoms with Crippen molar-refractivity contribution in [1.82, 2.24) is 14.7 Å². The predicted molar refractivity (Wildman–Crippen MR) is 83.9 cm³/mol. The highest BCUT2D eigenvalue weighted by Gasteiger charge is 2.24. The highest BCUT2D eigenvalue weighted by Crippen LogP contribution is 2.24. The fourth-order valence-corrected chi connectivity index (χ4v) is 4.14. The molecular formula is C13H18N4O2S2. The number of sulfonamides is 1. The second-order valence-corrected chi connectivity index (χ2v) is 6.94. The molecule has 0 aliphatic carbocycles. The normalized spacial score (nSPS) is 13.0. The lowest BCUT2D eigenvalue weighted by molar-refractivity contribution is 0.549. The molecule has 0 saturated carbocycles. The van der Waals surface area contributed by atoms with E-state index < -0.39 is 10.0 Å². The van der Waals surface area contributed by atoms with Gasteiger partial charge in [0.2, 0.25) is 10.0 Å². The van der Waals surface area contributed by atoms with Crippen molar-refractivity contribution in [2.75, 3.05) is 11.9 Å². The molecule has 0 aliphatic rings. The molecule has 0 spiro atoms. The van der Waals surface area contributed by atoms with Gasteiger partial charge in [-0.15, -0.1) is 11.3 Å². The minimum atomic E-state index is -3.66. The van der Waals surface area contributed by atoms with Gasteiger partial charge in [-0.1, -0.05) is 6.92 Å². The van der Waals surface area contributed by atoms with Crippen LogP contribution in [-0.2, 0) is 10.0 Å². The van der Waals surface area contributed by atoms with Crippen LogP contribution in [0.5, 0.6) is 0 Å². The molecule has 2 heterocycles. The molecule has 21 heavy (non-hydrogen) atoms. The highest BCUT2D eigenvalue weighted by atomic mass is 32.2. The first-order valence-electron chi connectivity index (χ1n) is 6.69. The van der Waals surface area contributed by atoms with E-state index in [-0.39, 0.29) is 10.9 Å². The first-order chi connectivity index (χ1) is 10.1. The van der Waals surface area contributed by atoms with Gasteiger partial charge in [0.05, 0.1) is 6.04 Å². The van der Waals surface area contributed by atoms with E-state index in [0.717, 1.165) is 5.01 Å². The van der Waals surface area contributed by atoms with E-state index in [9.17, 15) is 8.42 Å². The Balaban J connectivity index is 2.30. The van der Waals surface area contributed by atoms with E-state index in [0.29, 0.717) is 18.8 Å². The summed E-state index contributed by atoms with van der Waals surface area (Å²) >= 11 is 1.44. The van der Waals surface area contributed by atoms with Gasteiger partial charge in [-0.25, -0.2) is 23.1 Å². The molecule has 1 unspecified atom stereocenters. The lowest BCUT2D eigenvalue weighted by Gasteiger charge is -2.16. The maximum atomic E-state index is 12.6. The molecule has 2 N–H and O–H groups in total. The lowest BCUT2D eigenvalue weighted by Crippen LogP contribution is -2.29. The minimum Gasteiger partial charge on any atom is -0.369 e. The van der Waals surface area contributed by atoms with E-state index in [4.69, 9.17) is 0 Å². The van der Waals surface area contributed by atoms with Crippen molar-refractivity contribution < 1.29 is 8.42 Å². The van der Waals surface area contributed by atoms with Crippen molar-refractivity contribution in [3.8, 4) is 0 Å². The molecule has 114 valence electrons. The van der Waals surface area contributed by atoms with Crippen LogP contribution in [-0.4, -0.2) is 24.9 Å². The quantitative estimate of drug-likeness (QED) is 0.816. The van der Waals surface area contributed by atoms with Gasteiger partial charge >= 0.3 is 0 Å². The van der Waals surface area contributed by atoms with E-state index in [1.54, 1.807) is 24.5 Å². The van der Waals surface area contributed by atoms with Crippen LogP contribution in [0.25, 0.3) is 0 Å². The molecule has 0 saturated heterocycles. The van der Waals surface area contributed by atoms with E-state index in [1.807, 2.05) is 19.2 Å². The number of nitrogens with one attached hydrogen (secondary N) is 2. The van der Waals surface area contributed by atoms with Gasteiger partial charge < -0.3 is 5.32 Å². The lowest BCUT2D eigenvalue weighted by atomic mass is 10.3. The average Bonchev–Trinajstić information content (AvgIpc) is 3.00. The Morgan fingerprint density at radius 2 is 2.10 bits per heavy atom. The number of rotatable bonds is 7. The summed E-state index contributed by atoms with van der Waals surface area (Å²) in [6.45, 7) is 4.41. The Morgan fingerprint density at radius 3 is 2.71 bits per heavy atom. The molecule has 2 aromatic heterocycles. The Labute approximate surface area is 128 Å². The second kappa shape index (κ2) is 6.97. The third-order valence-corrected chi connectivity index (χ3v) is 5.25. The number of thiazole rings is 1. The van der Waals surface area contributed by atoms with Crippen LogP contribution in [0.3, 0.4) is 0 Å². The van der Waals surface area contributed by atoms with Gasteiger partial charge in [0.15, 0.2) is 0 Å². The standard InChI is InChI=1S/C13H18N4O2S2/c1-3-10(13-16-8-9-20-13)17-21(18,19)11-6-5-7-15-12(11)14-4-2/h5-10,17H,3-4H2,1-2H3,(H,14,15). The molecular weight excluding hydrogens is 308 g/mol. The van der Waals surface area contributed by atoms with Crippen LogP contribution in [0, 0.1) is 0 Å². The topological polar surface area (TPSA) is 84.0 Å². The molecule has 6 nitrogen and oxygen atoms in total. The van der Waals surface area contributed by atoms with Crippen LogP contribution < -0.4 is 10.0 Å². The Kier molecular flexibility index (Phi) is 5.27. The van der Waals surface area contributed by atoms with Crippen LogP contribution in [0.15, 0.2) is 34.8 Å². The van der Waals surface area contributed by atoms with Gasteiger partial charge in [0.25, 0.3) is 0 Å². The SMILES string of the molecule is CCNc1ncccc1S(=O)(=O)NC(CC)c1nccs1. The van der Waals surface area contributed by atoms with Gasteiger partial charge in [0.1, 0.15) is 15.7 Å². The van der Waals surface area contributed by atoms with Crippen molar-refractivity contribution >= 4 is 27.2 Å². The zero-order chi connectivity index (χ0) is 15.3. The van der Waals surface area contributed by atoms with E-state index >= 15 is 0 Å². The van der Waals surface area contributed by atoms with Crippen molar-refractivity contribution in [1.29, 1.82) is 0 Å². The van der Waals surface area contributed by atoms with Gasteiger partial charge in [0, 0.05) is 24.3 Å². The number of hydrogen-bond donors (Lipinski definition) is 2. The second-order valence-electron chi connectivity index (χ2n) is 4.33. The minimum absolute atomic E-state index is 0.154. The fourth-order valence-electron chi connectivity index (χ4n) is 1.87. The fraction of sp³-hybridized carbons (Fsp3) is 0.385. The Morgan fingerprint density at radius 1 is 1.29 bits per heavy atom. The molecule has 2 rings (SSSR count). The molecule has 0 bridgehead atoms. The third-order valence-electron chi connectivity index (χ3n) is 2.86. The monoisotopic (exact) mass is 326 g/mol. The molecule has 1 atom stereocenters. The van der Waals surface area contributed by atoms with Crippen molar-refractivity contribution in [3.05, 3.63) is 34.9 Å². The van der Waals surface area contributed by atoms with Crippen LogP contribution in [0.1, 0.15) is 31.3 Å². The van der Waals surface area contributed by atoms with E-state index in [2.05, 4.69) is 20.0 Å². The molecule has 8 heteroatoms. The van der Waals surface area contributed by atoms with Crippen LogP contribution >= 0.6 is 11.3 Å². The number of anilines is 1. The first kappa shape index (κ1) is 15.9. The summed E-state index contributed by atoms with van der Waals surface area (Å²) in [7, 11) is -3.66.